The van der Waals surface area contributed by atoms with E-state index in [4.69, 9.17) is 4.42 Å². The topological polar surface area (TPSA) is 80.8 Å². The van der Waals surface area contributed by atoms with E-state index < -0.39 is 0 Å². The lowest BCUT2D eigenvalue weighted by Crippen LogP contribution is -2.06. The number of benzene rings is 1. The van der Waals surface area contributed by atoms with Crippen LogP contribution < -0.4 is 10.6 Å². The summed E-state index contributed by atoms with van der Waals surface area (Å²) in [5.74, 6) is 2.05. The van der Waals surface area contributed by atoms with Crippen molar-refractivity contribution in [2.45, 2.75) is 13.5 Å². The quantitative estimate of drug-likeness (QED) is 0.580. The molecule has 3 aromatic heterocycles. The van der Waals surface area contributed by atoms with Gasteiger partial charge in [0.1, 0.15) is 11.6 Å². The molecule has 0 atom stereocenters. The summed E-state index contributed by atoms with van der Waals surface area (Å²) in [6.07, 6.45) is 3.41. The molecular weight excluding hydrogens is 316 g/mol. The highest BCUT2D eigenvalue weighted by atomic mass is 16.3. The van der Waals surface area contributed by atoms with Crippen LogP contribution in [-0.4, -0.2) is 19.7 Å². The predicted molar refractivity (Wildman–Crippen MR) is 96.8 cm³/mol. The van der Waals surface area contributed by atoms with Crippen LogP contribution in [0.25, 0.3) is 11.0 Å². The molecule has 0 spiro atoms. The van der Waals surface area contributed by atoms with Crippen LogP contribution in [0.4, 0.5) is 17.5 Å². The number of nitrogens with one attached hydrogen (secondary N) is 2. The van der Waals surface area contributed by atoms with E-state index in [0.717, 1.165) is 22.5 Å². The second kappa shape index (κ2) is 6.27. The zero-order valence-electron chi connectivity index (χ0n) is 14.0. The Kier molecular flexibility index (Phi) is 3.81. The molecule has 126 valence electrons. The van der Waals surface area contributed by atoms with Gasteiger partial charge in [-0.2, -0.15) is 15.1 Å². The second-order valence-electron chi connectivity index (χ2n) is 5.83. The second-order valence-corrected chi connectivity index (χ2v) is 5.83. The van der Waals surface area contributed by atoms with E-state index in [2.05, 4.69) is 44.8 Å². The first-order valence-corrected chi connectivity index (χ1v) is 7.99. The van der Waals surface area contributed by atoms with Crippen molar-refractivity contribution in [3.8, 4) is 0 Å². The minimum atomic E-state index is 0.514. The van der Waals surface area contributed by atoms with E-state index in [1.165, 1.54) is 5.56 Å². The molecule has 25 heavy (non-hydrogen) atoms. The van der Waals surface area contributed by atoms with E-state index in [0.29, 0.717) is 18.3 Å². The van der Waals surface area contributed by atoms with E-state index in [1.807, 2.05) is 31.3 Å². The predicted octanol–water partition coefficient (Wildman–Crippen LogP) is 3.62. The van der Waals surface area contributed by atoms with Gasteiger partial charge in [-0.1, -0.05) is 17.7 Å². The highest BCUT2D eigenvalue weighted by molar-refractivity contribution is 5.89. The van der Waals surface area contributed by atoms with Gasteiger partial charge in [0, 0.05) is 12.7 Å². The molecule has 4 aromatic rings. The average molecular weight is 334 g/mol. The summed E-state index contributed by atoms with van der Waals surface area (Å²) < 4.78 is 7.07. The summed E-state index contributed by atoms with van der Waals surface area (Å²) in [5, 5.41) is 11.7. The lowest BCUT2D eigenvalue weighted by Gasteiger charge is -2.10. The molecule has 0 radical (unpaired) electrons. The summed E-state index contributed by atoms with van der Waals surface area (Å²) >= 11 is 0. The first kappa shape index (κ1) is 15.2. The van der Waals surface area contributed by atoms with Gasteiger partial charge in [0.15, 0.2) is 5.65 Å². The molecule has 2 N–H and O–H groups in total. The summed E-state index contributed by atoms with van der Waals surface area (Å²) in [6, 6.07) is 11.9. The number of nitrogens with zero attached hydrogens (tertiary/aromatic N) is 4. The average Bonchev–Trinajstić information content (AvgIpc) is 3.26. The van der Waals surface area contributed by atoms with Crippen LogP contribution >= 0.6 is 0 Å². The monoisotopic (exact) mass is 334 g/mol. The zero-order chi connectivity index (χ0) is 17.2. The van der Waals surface area contributed by atoms with Gasteiger partial charge >= 0.3 is 0 Å². The molecular formula is C18H18N6O. The Balaban J connectivity index is 1.67. The maximum Gasteiger partial charge on any atom is 0.227 e. The minimum Gasteiger partial charge on any atom is -0.467 e. The fourth-order valence-corrected chi connectivity index (χ4v) is 2.55. The van der Waals surface area contributed by atoms with E-state index in [9.17, 15) is 0 Å². The van der Waals surface area contributed by atoms with Crippen LogP contribution in [0, 0.1) is 6.92 Å². The van der Waals surface area contributed by atoms with Crippen molar-refractivity contribution < 1.29 is 4.42 Å². The number of rotatable bonds is 5. The Hall–Kier alpha value is -3.35. The number of fused-ring (bicyclic) bond motifs is 1. The lowest BCUT2D eigenvalue weighted by atomic mass is 10.2. The van der Waals surface area contributed by atoms with Crippen LogP contribution in [-0.2, 0) is 13.6 Å². The maximum absolute atomic E-state index is 5.34. The van der Waals surface area contributed by atoms with Crippen molar-refractivity contribution in [2.75, 3.05) is 10.6 Å². The van der Waals surface area contributed by atoms with Gasteiger partial charge in [-0.3, -0.25) is 4.68 Å². The van der Waals surface area contributed by atoms with E-state index in [-0.39, 0.29) is 0 Å². The molecule has 0 saturated heterocycles. The number of anilines is 3. The molecule has 1 aromatic carbocycles. The highest BCUT2D eigenvalue weighted by Crippen LogP contribution is 2.25. The van der Waals surface area contributed by atoms with Crippen molar-refractivity contribution >= 4 is 28.5 Å². The van der Waals surface area contributed by atoms with Crippen LogP contribution in [0.15, 0.2) is 53.3 Å². The molecule has 0 fully saturated rings. The van der Waals surface area contributed by atoms with Crippen molar-refractivity contribution in [1.82, 2.24) is 19.7 Å². The smallest absolute Gasteiger partial charge is 0.227 e. The summed E-state index contributed by atoms with van der Waals surface area (Å²) in [4.78, 5) is 9.15. The van der Waals surface area contributed by atoms with Crippen molar-refractivity contribution in [1.29, 1.82) is 0 Å². The van der Waals surface area contributed by atoms with Crippen LogP contribution in [0.2, 0.25) is 0 Å². The standard InChI is InChI=1S/C18H18N6O/c1-12-5-7-13(8-6-12)21-16-15-11-20-24(2)17(15)23-18(22-16)19-10-14-4-3-9-25-14/h3-9,11H,10H2,1-2H3,(H2,19,21,22,23). The molecule has 7 heteroatoms. The third-order valence-corrected chi connectivity index (χ3v) is 3.91. The minimum absolute atomic E-state index is 0.514. The van der Waals surface area contributed by atoms with Gasteiger partial charge in [0.25, 0.3) is 0 Å². The van der Waals surface area contributed by atoms with Gasteiger partial charge in [-0.05, 0) is 31.2 Å². The molecule has 7 nitrogen and oxygen atoms in total. The number of hydrogen-bond donors (Lipinski definition) is 2. The molecule has 0 aliphatic carbocycles. The van der Waals surface area contributed by atoms with Crippen molar-refractivity contribution in [3.63, 3.8) is 0 Å². The summed E-state index contributed by atoms with van der Waals surface area (Å²) in [6.45, 7) is 2.57. The summed E-state index contributed by atoms with van der Waals surface area (Å²) in [7, 11) is 1.86. The van der Waals surface area contributed by atoms with Gasteiger partial charge in [-0.15, -0.1) is 0 Å². The number of aromatic nitrogens is 4. The maximum atomic E-state index is 5.34. The molecule has 0 unspecified atom stereocenters. The number of aryl methyl sites for hydroxylation is 2. The Morgan fingerprint density at radius 3 is 2.72 bits per heavy atom. The van der Waals surface area contributed by atoms with Gasteiger partial charge in [0.05, 0.1) is 24.4 Å². The van der Waals surface area contributed by atoms with Crippen LogP contribution in [0.5, 0.6) is 0 Å². The fourth-order valence-electron chi connectivity index (χ4n) is 2.55. The Morgan fingerprint density at radius 2 is 1.96 bits per heavy atom. The Morgan fingerprint density at radius 1 is 1.12 bits per heavy atom. The van der Waals surface area contributed by atoms with E-state index in [1.54, 1.807) is 17.1 Å². The third-order valence-electron chi connectivity index (χ3n) is 3.91. The SMILES string of the molecule is Cc1ccc(Nc2nc(NCc3ccco3)nc3c2cnn3C)cc1. The first-order chi connectivity index (χ1) is 12.2. The Labute approximate surface area is 144 Å². The van der Waals surface area contributed by atoms with Gasteiger partial charge < -0.3 is 15.1 Å². The zero-order valence-corrected chi connectivity index (χ0v) is 14.0. The molecule has 0 saturated carbocycles. The van der Waals surface area contributed by atoms with E-state index >= 15 is 0 Å². The molecule has 0 aliphatic heterocycles. The van der Waals surface area contributed by atoms with Gasteiger partial charge in [-0.25, -0.2) is 0 Å². The number of furan rings is 1. The Bertz CT molecular complexity index is 989. The van der Waals surface area contributed by atoms with Crippen LogP contribution in [0.3, 0.4) is 0 Å². The lowest BCUT2D eigenvalue weighted by molar-refractivity contribution is 0.517. The van der Waals surface area contributed by atoms with Gasteiger partial charge in [0.2, 0.25) is 5.95 Å². The normalized spacial score (nSPS) is 11.0. The highest BCUT2D eigenvalue weighted by Gasteiger charge is 2.12. The van der Waals surface area contributed by atoms with Crippen molar-refractivity contribution in [3.05, 3.63) is 60.2 Å². The fraction of sp³-hybridized carbons (Fsp3) is 0.167. The molecule has 0 amide bonds. The molecule has 3 heterocycles. The largest absolute Gasteiger partial charge is 0.467 e. The molecule has 0 aliphatic rings. The van der Waals surface area contributed by atoms with Crippen LogP contribution in [0.1, 0.15) is 11.3 Å². The van der Waals surface area contributed by atoms with Crippen molar-refractivity contribution in [2.24, 2.45) is 7.05 Å². The first-order valence-electron chi connectivity index (χ1n) is 7.99. The summed E-state index contributed by atoms with van der Waals surface area (Å²) in [5.41, 5.74) is 2.93. The molecule has 0 bridgehead atoms. The third kappa shape index (κ3) is 3.16. The molecule has 4 rings (SSSR count). The number of hydrogen-bond acceptors (Lipinski definition) is 6.